The Hall–Kier alpha value is -1.11. The smallest absolute Gasteiger partial charge is 0.264 e. The van der Waals surface area contributed by atoms with Crippen molar-refractivity contribution in [2.45, 2.75) is 6.92 Å². The highest BCUT2D eigenvalue weighted by Gasteiger charge is 2.05. The summed E-state index contributed by atoms with van der Waals surface area (Å²) in [5.41, 5.74) is -0.148. The zero-order valence-electron chi connectivity index (χ0n) is 7.37. The minimum Gasteiger partial charge on any atom is -0.458 e. The van der Waals surface area contributed by atoms with Crippen LogP contribution in [0.4, 0.5) is 0 Å². The number of H-pyrrole nitrogens is 1. The molecule has 0 aliphatic heterocycles. The quantitative estimate of drug-likeness (QED) is 0.819. The van der Waals surface area contributed by atoms with Crippen molar-refractivity contribution < 1.29 is 4.42 Å². The van der Waals surface area contributed by atoms with Crippen LogP contribution in [-0.2, 0) is 0 Å². The largest absolute Gasteiger partial charge is 0.458 e. The van der Waals surface area contributed by atoms with E-state index in [2.05, 4.69) is 9.97 Å². The number of nitrogens with zero attached hydrogens (tertiary/aromatic N) is 1. The number of aromatic nitrogens is 2. The van der Waals surface area contributed by atoms with Crippen molar-refractivity contribution >= 4 is 22.6 Å². The minimum absolute atomic E-state index is 0.148. The summed E-state index contributed by atoms with van der Waals surface area (Å²) in [5.74, 6) is 1.83. The van der Waals surface area contributed by atoms with Crippen LogP contribution in [0.3, 0.4) is 0 Å². The first-order valence-corrected chi connectivity index (χ1v) is 5.06. The summed E-state index contributed by atoms with van der Waals surface area (Å²) in [6, 6.07) is 3.60. The highest BCUT2D eigenvalue weighted by atomic mass is 127. The van der Waals surface area contributed by atoms with Gasteiger partial charge in [0.05, 0.1) is 3.57 Å². The second-order valence-corrected chi connectivity index (χ2v) is 3.98. The van der Waals surface area contributed by atoms with E-state index in [0.29, 0.717) is 15.2 Å². The maximum Gasteiger partial charge on any atom is 0.264 e. The van der Waals surface area contributed by atoms with E-state index in [1.54, 1.807) is 6.07 Å². The van der Waals surface area contributed by atoms with Gasteiger partial charge in [-0.05, 0) is 41.6 Å². The van der Waals surface area contributed by atoms with Crippen LogP contribution in [0, 0.1) is 10.5 Å². The van der Waals surface area contributed by atoms with Gasteiger partial charge in [-0.3, -0.25) is 4.79 Å². The molecular formula is C9H7IN2O2. The van der Waals surface area contributed by atoms with Crippen molar-refractivity contribution in [1.82, 2.24) is 9.97 Å². The van der Waals surface area contributed by atoms with Crippen LogP contribution >= 0.6 is 22.6 Å². The molecule has 0 fully saturated rings. The molecule has 0 saturated heterocycles. The molecule has 72 valence electrons. The van der Waals surface area contributed by atoms with E-state index in [1.165, 1.54) is 6.20 Å². The number of aromatic amines is 1. The van der Waals surface area contributed by atoms with E-state index in [4.69, 9.17) is 4.42 Å². The lowest BCUT2D eigenvalue weighted by atomic mass is 10.4. The highest BCUT2D eigenvalue weighted by Crippen LogP contribution is 2.16. The third-order valence-electron chi connectivity index (χ3n) is 1.73. The monoisotopic (exact) mass is 302 g/mol. The third-order valence-corrected chi connectivity index (χ3v) is 2.50. The Labute approximate surface area is 93.5 Å². The van der Waals surface area contributed by atoms with Crippen LogP contribution in [0.2, 0.25) is 0 Å². The minimum atomic E-state index is -0.148. The standard InChI is InChI=1S/C9H7IN2O2/c1-5-2-3-7(14-5)8-11-4-6(10)9(13)12-8/h2-4H,1H3,(H,11,12,13). The predicted octanol–water partition coefficient (Wildman–Crippen LogP) is 1.94. The first kappa shape index (κ1) is 9.45. The van der Waals surface area contributed by atoms with Crippen molar-refractivity contribution in [3.8, 4) is 11.6 Å². The average molecular weight is 302 g/mol. The van der Waals surface area contributed by atoms with Gasteiger partial charge in [0.1, 0.15) is 5.76 Å². The number of rotatable bonds is 1. The molecule has 2 aromatic heterocycles. The number of furan rings is 1. The summed E-state index contributed by atoms with van der Waals surface area (Å²) in [5, 5.41) is 0. The van der Waals surface area contributed by atoms with Gasteiger partial charge in [0.2, 0.25) is 0 Å². The van der Waals surface area contributed by atoms with E-state index in [1.807, 2.05) is 35.6 Å². The van der Waals surface area contributed by atoms with Crippen molar-refractivity contribution in [1.29, 1.82) is 0 Å². The van der Waals surface area contributed by atoms with E-state index < -0.39 is 0 Å². The van der Waals surface area contributed by atoms with Crippen LogP contribution in [0.5, 0.6) is 0 Å². The fraction of sp³-hybridized carbons (Fsp3) is 0.111. The number of hydrogen-bond donors (Lipinski definition) is 1. The second kappa shape index (κ2) is 3.56. The Bertz CT molecular complexity index is 516. The molecule has 0 aromatic carbocycles. The summed E-state index contributed by atoms with van der Waals surface area (Å²) < 4.78 is 5.89. The van der Waals surface area contributed by atoms with Crippen LogP contribution in [0.25, 0.3) is 11.6 Å². The fourth-order valence-corrected chi connectivity index (χ4v) is 1.34. The molecule has 0 saturated carbocycles. The van der Waals surface area contributed by atoms with Crippen LogP contribution in [-0.4, -0.2) is 9.97 Å². The van der Waals surface area contributed by atoms with Gasteiger partial charge in [0, 0.05) is 6.20 Å². The van der Waals surface area contributed by atoms with Gasteiger partial charge < -0.3 is 9.40 Å². The molecule has 0 unspecified atom stereocenters. The van der Waals surface area contributed by atoms with Crippen LogP contribution < -0.4 is 5.56 Å². The summed E-state index contributed by atoms with van der Waals surface area (Å²) >= 11 is 1.93. The molecule has 2 heterocycles. The molecule has 0 spiro atoms. The Kier molecular flexibility index (Phi) is 2.40. The summed E-state index contributed by atoms with van der Waals surface area (Å²) in [6.45, 7) is 1.84. The summed E-state index contributed by atoms with van der Waals surface area (Å²) in [4.78, 5) is 18.0. The number of aryl methyl sites for hydroxylation is 1. The molecular weight excluding hydrogens is 295 g/mol. The van der Waals surface area contributed by atoms with Gasteiger partial charge >= 0.3 is 0 Å². The molecule has 0 bridgehead atoms. The van der Waals surface area contributed by atoms with E-state index >= 15 is 0 Å². The molecule has 5 heteroatoms. The normalized spacial score (nSPS) is 10.4. The lowest BCUT2D eigenvalue weighted by molar-refractivity contribution is 0.543. The zero-order valence-corrected chi connectivity index (χ0v) is 9.53. The van der Waals surface area contributed by atoms with Crippen LogP contribution in [0.15, 0.2) is 27.5 Å². The molecule has 0 aliphatic rings. The molecule has 0 amide bonds. The Morgan fingerprint density at radius 1 is 1.50 bits per heavy atom. The predicted molar refractivity (Wildman–Crippen MR) is 60.0 cm³/mol. The lowest BCUT2D eigenvalue weighted by Crippen LogP contribution is -2.11. The Morgan fingerprint density at radius 2 is 2.29 bits per heavy atom. The summed E-state index contributed by atoms with van der Waals surface area (Å²) in [7, 11) is 0. The van der Waals surface area contributed by atoms with Crippen molar-refractivity contribution in [3.63, 3.8) is 0 Å². The van der Waals surface area contributed by atoms with E-state index in [0.717, 1.165) is 5.76 Å². The van der Waals surface area contributed by atoms with Crippen molar-refractivity contribution in [2.24, 2.45) is 0 Å². The topological polar surface area (TPSA) is 58.9 Å². The fourth-order valence-electron chi connectivity index (χ4n) is 1.07. The maximum absolute atomic E-state index is 11.3. The van der Waals surface area contributed by atoms with Crippen molar-refractivity contribution in [2.75, 3.05) is 0 Å². The molecule has 4 nitrogen and oxygen atoms in total. The molecule has 0 atom stereocenters. The number of hydrogen-bond acceptors (Lipinski definition) is 3. The van der Waals surface area contributed by atoms with E-state index in [-0.39, 0.29) is 5.56 Å². The lowest BCUT2D eigenvalue weighted by Gasteiger charge is -1.95. The van der Waals surface area contributed by atoms with Crippen LogP contribution in [0.1, 0.15) is 5.76 Å². The highest BCUT2D eigenvalue weighted by molar-refractivity contribution is 14.1. The average Bonchev–Trinajstić information content (AvgIpc) is 2.57. The van der Waals surface area contributed by atoms with Gasteiger partial charge in [-0.2, -0.15) is 0 Å². The first-order valence-electron chi connectivity index (χ1n) is 3.98. The number of nitrogens with one attached hydrogen (secondary N) is 1. The van der Waals surface area contributed by atoms with Crippen molar-refractivity contribution in [3.05, 3.63) is 38.0 Å². The molecule has 2 rings (SSSR count). The molecule has 1 N–H and O–H groups in total. The van der Waals surface area contributed by atoms with Gasteiger partial charge in [-0.1, -0.05) is 0 Å². The second-order valence-electron chi connectivity index (χ2n) is 2.82. The van der Waals surface area contributed by atoms with Gasteiger partial charge in [0.15, 0.2) is 11.6 Å². The molecule has 14 heavy (non-hydrogen) atoms. The third kappa shape index (κ3) is 1.72. The van der Waals surface area contributed by atoms with Gasteiger partial charge in [-0.25, -0.2) is 4.98 Å². The maximum atomic E-state index is 11.3. The number of halogens is 1. The van der Waals surface area contributed by atoms with Gasteiger partial charge in [-0.15, -0.1) is 0 Å². The SMILES string of the molecule is Cc1ccc(-c2ncc(I)c(=O)[nH]2)o1. The first-order chi connectivity index (χ1) is 6.66. The summed E-state index contributed by atoms with van der Waals surface area (Å²) in [6.07, 6.45) is 1.52. The van der Waals surface area contributed by atoms with Gasteiger partial charge in [0.25, 0.3) is 5.56 Å². The molecule has 0 radical (unpaired) electrons. The van der Waals surface area contributed by atoms with E-state index in [9.17, 15) is 4.79 Å². The Morgan fingerprint density at radius 3 is 2.86 bits per heavy atom. The molecule has 0 aliphatic carbocycles. The Balaban J connectivity index is 2.53. The zero-order chi connectivity index (χ0) is 10.1. The molecule has 2 aromatic rings.